The zero-order valence-corrected chi connectivity index (χ0v) is 10.4. The summed E-state index contributed by atoms with van der Waals surface area (Å²) in [6, 6.07) is 3.99. The molecule has 0 aliphatic carbocycles. The largest absolute Gasteiger partial charge is 0.392 e. The molecule has 0 atom stereocenters. The van der Waals surface area contributed by atoms with Crippen molar-refractivity contribution in [1.29, 1.82) is 0 Å². The highest BCUT2D eigenvalue weighted by molar-refractivity contribution is 9.10. The van der Waals surface area contributed by atoms with Crippen molar-refractivity contribution in [2.75, 3.05) is 0 Å². The SMILES string of the molecule is OCc1csc2c(Br)ccc(CCl)c12. The van der Waals surface area contributed by atoms with E-state index in [1.54, 1.807) is 11.3 Å². The van der Waals surface area contributed by atoms with Crippen LogP contribution in [0.3, 0.4) is 0 Å². The molecule has 1 aromatic carbocycles. The van der Waals surface area contributed by atoms with Crippen LogP contribution in [-0.2, 0) is 12.5 Å². The van der Waals surface area contributed by atoms with Gasteiger partial charge in [-0.1, -0.05) is 6.07 Å². The molecule has 0 amide bonds. The predicted molar refractivity (Wildman–Crippen MR) is 65.0 cm³/mol. The van der Waals surface area contributed by atoms with Gasteiger partial charge < -0.3 is 5.11 Å². The maximum Gasteiger partial charge on any atom is 0.0696 e. The first-order chi connectivity index (χ1) is 6.77. The van der Waals surface area contributed by atoms with Crippen molar-refractivity contribution < 1.29 is 5.11 Å². The lowest BCUT2D eigenvalue weighted by molar-refractivity contribution is 0.283. The topological polar surface area (TPSA) is 20.2 Å². The Morgan fingerprint density at radius 1 is 1.36 bits per heavy atom. The van der Waals surface area contributed by atoms with Gasteiger partial charge in [-0.2, -0.15) is 0 Å². The van der Waals surface area contributed by atoms with Crippen molar-refractivity contribution in [3.8, 4) is 0 Å². The molecule has 0 saturated carbocycles. The molecule has 2 aromatic rings. The number of rotatable bonds is 2. The molecule has 74 valence electrons. The lowest BCUT2D eigenvalue weighted by Gasteiger charge is -2.02. The van der Waals surface area contributed by atoms with Gasteiger partial charge in [0.25, 0.3) is 0 Å². The highest BCUT2D eigenvalue weighted by atomic mass is 79.9. The first-order valence-corrected chi connectivity index (χ1v) is 6.33. The Kier molecular flexibility index (Phi) is 3.12. The Bertz CT molecular complexity index is 466. The zero-order valence-electron chi connectivity index (χ0n) is 7.26. The van der Waals surface area contributed by atoms with Crippen LogP contribution in [0.25, 0.3) is 10.1 Å². The van der Waals surface area contributed by atoms with E-state index in [1.165, 1.54) is 0 Å². The summed E-state index contributed by atoms with van der Waals surface area (Å²) < 4.78 is 2.22. The van der Waals surface area contributed by atoms with Gasteiger partial charge in [-0.15, -0.1) is 22.9 Å². The molecule has 0 aliphatic heterocycles. The van der Waals surface area contributed by atoms with E-state index in [9.17, 15) is 5.11 Å². The van der Waals surface area contributed by atoms with Gasteiger partial charge in [0.05, 0.1) is 6.61 Å². The van der Waals surface area contributed by atoms with Gasteiger partial charge in [-0.3, -0.25) is 0 Å². The maximum atomic E-state index is 9.18. The van der Waals surface area contributed by atoms with Crippen molar-refractivity contribution in [2.24, 2.45) is 0 Å². The number of aliphatic hydroxyl groups excluding tert-OH is 1. The second-order valence-electron chi connectivity index (χ2n) is 2.96. The third-order valence-electron chi connectivity index (χ3n) is 2.15. The van der Waals surface area contributed by atoms with Gasteiger partial charge in [0.2, 0.25) is 0 Å². The van der Waals surface area contributed by atoms with Crippen LogP contribution in [0, 0.1) is 0 Å². The third-order valence-corrected chi connectivity index (χ3v) is 4.42. The molecule has 2 rings (SSSR count). The van der Waals surface area contributed by atoms with Crippen molar-refractivity contribution >= 4 is 49.0 Å². The highest BCUT2D eigenvalue weighted by Crippen LogP contribution is 2.35. The Balaban J connectivity index is 2.82. The van der Waals surface area contributed by atoms with E-state index in [0.29, 0.717) is 5.88 Å². The molecule has 0 spiro atoms. The summed E-state index contributed by atoms with van der Waals surface area (Å²) in [4.78, 5) is 0. The second kappa shape index (κ2) is 4.19. The average molecular weight is 292 g/mol. The normalized spacial score (nSPS) is 11.1. The lowest BCUT2D eigenvalue weighted by atomic mass is 10.1. The van der Waals surface area contributed by atoms with E-state index >= 15 is 0 Å². The van der Waals surface area contributed by atoms with E-state index in [0.717, 1.165) is 25.7 Å². The highest BCUT2D eigenvalue weighted by Gasteiger charge is 2.10. The van der Waals surface area contributed by atoms with Crippen LogP contribution in [0.5, 0.6) is 0 Å². The van der Waals surface area contributed by atoms with Crippen molar-refractivity contribution in [2.45, 2.75) is 12.5 Å². The van der Waals surface area contributed by atoms with Gasteiger partial charge in [-0.05, 0) is 38.5 Å². The van der Waals surface area contributed by atoms with Gasteiger partial charge in [-0.25, -0.2) is 0 Å². The van der Waals surface area contributed by atoms with Gasteiger partial charge >= 0.3 is 0 Å². The standard InChI is InChI=1S/C10H8BrClOS/c11-8-2-1-6(3-12)9-7(4-13)5-14-10(8)9/h1-2,5,13H,3-4H2. The minimum atomic E-state index is 0.0698. The number of hydrogen-bond acceptors (Lipinski definition) is 2. The molecular weight excluding hydrogens is 284 g/mol. The third kappa shape index (κ3) is 1.58. The first kappa shape index (κ1) is 10.4. The van der Waals surface area contributed by atoms with Gasteiger partial charge in [0.1, 0.15) is 0 Å². The molecule has 0 radical (unpaired) electrons. The summed E-state index contributed by atoms with van der Waals surface area (Å²) >= 11 is 11.0. The van der Waals surface area contributed by atoms with E-state index < -0.39 is 0 Å². The van der Waals surface area contributed by atoms with Crippen molar-refractivity contribution in [3.05, 3.63) is 33.1 Å². The fourth-order valence-electron chi connectivity index (χ4n) is 1.48. The summed E-state index contributed by atoms with van der Waals surface area (Å²) in [5.41, 5.74) is 2.04. The van der Waals surface area contributed by atoms with Crippen LogP contribution in [0.4, 0.5) is 0 Å². The van der Waals surface area contributed by atoms with Gasteiger partial charge in [0, 0.05) is 20.4 Å². The number of hydrogen-bond donors (Lipinski definition) is 1. The van der Waals surface area contributed by atoms with Crippen LogP contribution in [0.15, 0.2) is 22.0 Å². The van der Waals surface area contributed by atoms with Crippen LogP contribution in [0.2, 0.25) is 0 Å². The Morgan fingerprint density at radius 2 is 2.14 bits per heavy atom. The van der Waals surface area contributed by atoms with Crippen LogP contribution in [-0.4, -0.2) is 5.11 Å². The fraction of sp³-hybridized carbons (Fsp3) is 0.200. The zero-order chi connectivity index (χ0) is 10.1. The summed E-state index contributed by atoms with van der Waals surface area (Å²) in [7, 11) is 0. The summed E-state index contributed by atoms with van der Waals surface area (Å²) in [6.07, 6.45) is 0. The molecule has 1 heterocycles. The minimum absolute atomic E-state index is 0.0698. The van der Waals surface area contributed by atoms with Crippen LogP contribution >= 0.6 is 38.9 Å². The van der Waals surface area contributed by atoms with E-state index in [-0.39, 0.29) is 6.61 Å². The monoisotopic (exact) mass is 290 g/mol. The minimum Gasteiger partial charge on any atom is -0.392 e. The Morgan fingerprint density at radius 3 is 2.79 bits per heavy atom. The predicted octanol–water partition coefficient (Wildman–Crippen LogP) is 3.89. The van der Waals surface area contributed by atoms with Gasteiger partial charge in [0.15, 0.2) is 0 Å². The summed E-state index contributed by atoms with van der Waals surface area (Å²) in [6.45, 7) is 0.0698. The molecule has 14 heavy (non-hydrogen) atoms. The number of benzene rings is 1. The summed E-state index contributed by atoms with van der Waals surface area (Å²) in [5, 5.41) is 12.3. The van der Waals surface area contributed by atoms with E-state index in [1.807, 2.05) is 17.5 Å². The van der Waals surface area contributed by atoms with E-state index in [2.05, 4.69) is 15.9 Å². The number of fused-ring (bicyclic) bond motifs is 1. The van der Waals surface area contributed by atoms with Crippen molar-refractivity contribution in [3.63, 3.8) is 0 Å². The number of alkyl halides is 1. The molecule has 1 aromatic heterocycles. The molecule has 0 aliphatic rings. The Labute approximate surface area is 99.4 Å². The fourth-order valence-corrected chi connectivity index (χ4v) is 3.33. The lowest BCUT2D eigenvalue weighted by Crippen LogP contribution is -1.85. The number of halogens is 2. The van der Waals surface area contributed by atoms with Crippen molar-refractivity contribution in [1.82, 2.24) is 0 Å². The number of thiophene rings is 1. The quantitative estimate of drug-likeness (QED) is 0.832. The molecular formula is C10H8BrClOS. The molecule has 1 N–H and O–H groups in total. The Hall–Kier alpha value is -0.0900. The smallest absolute Gasteiger partial charge is 0.0696 e. The first-order valence-electron chi connectivity index (χ1n) is 4.12. The summed E-state index contributed by atoms with van der Waals surface area (Å²) in [5.74, 6) is 0.480. The number of aliphatic hydroxyl groups is 1. The molecule has 0 unspecified atom stereocenters. The molecule has 1 nitrogen and oxygen atoms in total. The van der Waals surface area contributed by atoms with E-state index in [4.69, 9.17) is 11.6 Å². The average Bonchev–Trinajstić information content (AvgIpc) is 2.63. The second-order valence-corrected chi connectivity index (χ2v) is 4.96. The van der Waals surface area contributed by atoms with Crippen LogP contribution < -0.4 is 0 Å². The maximum absolute atomic E-state index is 9.18. The molecule has 4 heteroatoms. The van der Waals surface area contributed by atoms with Crippen LogP contribution in [0.1, 0.15) is 11.1 Å². The molecule has 0 bridgehead atoms. The molecule has 0 saturated heterocycles. The molecule has 0 fully saturated rings.